The van der Waals surface area contributed by atoms with Crippen molar-refractivity contribution in [3.8, 4) is 0 Å². The summed E-state index contributed by atoms with van der Waals surface area (Å²) in [5.41, 5.74) is 2.12. The van der Waals surface area contributed by atoms with Crippen LogP contribution in [-0.4, -0.2) is 18.2 Å². The summed E-state index contributed by atoms with van der Waals surface area (Å²) in [5.74, 6) is 0. The lowest BCUT2D eigenvalue weighted by Crippen LogP contribution is -2.23. The smallest absolute Gasteiger partial charge is 0.0914 e. The Morgan fingerprint density at radius 3 is 2.60 bits per heavy atom. The van der Waals surface area contributed by atoms with Crippen LogP contribution in [-0.2, 0) is 6.42 Å². The van der Waals surface area contributed by atoms with Crippen LogP contribution in [0.25, 0.3) is 0 Å². The fraction of sp³-hybridized carbons (Fsp3) is 0.250. The predicted octanol–water partition coefficient (Wildman–Crippen LogP) is 3.97. The molecule has 2 aromatic rings. The van der Waals surface area contributed by atoms with Crippen molar-refractivity contribution in [2.45, 2.75) is 12.5 Å². The van der Waals surface area contributed by atoms with Gasteiger partial charge in [-0.15, -0.1) is 0 Å². The van der Waals surface area contributed by atoms with Crippen molar-refractivity contribution < 1.29 is 5.11 Å². The van der Waals surface area contributed by atoms with Crippen LogP contribution in [0.1, 0.15) is 17.2 Å². The molecule has 0 heterocycles. The van der Waals surface area contributed by atoms with E-state index in [9.17, 15) is 5.11 Å². The van der Waals surface area contributed by atoms with E-state index in [1.165, 1.54) is 5.56 Å². The maximum absolute atomic E-state index is 10.1. The lowest BCUT2D eigenvalue weighted by molar-refractivity contribution is 0.175. The van der Waals surface area contributed by atoms with E-state index in [-0.39, 0.29) is 0 Å². The molecule has 0 bridgehead atoms. The SMILES string of the molecule is OC(CNCCc1ccc(Br)cc1)c1cccc(Cl)c1. The first-order valence-corrected chi connectivity index (χ1v) is 7.71. The minimum Gasteiger partial charge on any atom is -0.387 e. The van der Waals surface area contributed by atoms with Gasteiger partial charge in [0.1, 0.15) is 0 Å². The number of aliphatic hydroxyl groups is 1. The summed E-state index contributed by atoms with van der Waals surface area (Å²) >= 11 is 9.33. The molecule has 0 aliphatic heterocycles. The molecule has 20 heavy (non-hydrogen) atoms. The van der Waals surface area contributed by atoms with Crippen molar-refractivity contribution in [2.75, 3.05) is 13.1 Å². The van der Waals surface area contributed by atoms with Crippen molar-refractivity contribution in [3.05, 3.63) is 69.2 Å². The van der Waals surface area contributed by atoms with E-state index in [2.05, 4.69) is 33.4 Å². The second-order valence-corrected chi connectivity index (χ2v) is 6.00. The van der Waals surface area contributed by atoms with Gasteiger partial charge in [-0.05, 0) is 48.4 Å². The lowest BCUT2D eigenvalue weighted by Gasteiger charge is -2.12. The molecule has 1 atom stereocenters. The number of aliphatic hydroxyl groups excluding tert-OH is 1. The summed E-state index contributed by atoms with van der Waals surface area (Å²) in [6.45, 7) is 1.36. The van der Waals surface area contributed by atoms with E-state index in [4.69, 9.17) is 11.6 Å². The Kier molecular flexibility index (Phi) is 6.05. The van der Waals surface area contributed by atoms with Gasteiger partial charge in [0.25, 0.3) is 0 Å². The van der Waals surface area contributed by atoms with E-state index in [0.717, 1.165) is 23.0 Å². The van der Waals surface area contributed by atoms with Crippen LogP contribution >= 0.6 is 27.5 Å². The van der Waals surface area contributed by atoms with Crippen LogP contribution in [0.3, 0.4) is 0 Å². The van der Waals surface area contributed by atoms with E-state index < -0.39 is 6.10 Å². The Hall–Kier alpha value is -0.870. The molecular formula is C16H17BrClNO. The third kappa shape index (κ3) is 4.91. The quantitative estimate of drug-likeness (QED) is 0.769. The van der Waals surface area contributed by atoms with Crippen molar-refractivity contribution >= 4 is 27.5 Å². The largest absolute Gasteiger partial charge is 0.387 e. The molecule has 0 saturated heterocycles. The Balaban J connectivity index is 1.74. The van der Waals surface area contributed by atoms with Crippen LogP contribution in [0.15, 0.2) is 53.0 Å². The average Bonchev–Trinajstić information content (AvgIpc) is 2.45. The molecule has 0 aliphatic carbocycles. The standard InChI is InChI=1S/C16H17BrClNO/c17-14-6-4-12(5-7-14)8-9-19-11-16(20)13-2-1-3-15(18)10-13/h1-7,10,16,19-20H,8-9,11H2. The van der Waals surface area contributed by atoms with E-state index in [0.29, 0.717) is 11.6 Å². The zero-order valence-corrected chi connectivity index (χ0v) is 13.4. The van der Waals surface area contributed by atoms with Gasteiger partial charge in [-0.3, -0.25) is 0 Å². The summed E-state index contributed by atoms with van der Waals surface area (Å²) in [6.07, 6.45) is 0.411. The third-order valence-corrected chi connectivity index (χ3v) is 3.84. The van der Waals surface area contributed by atoms with Gasteiger partial charge in [-0.1, -0.05) is 51.8 Å². The van der Waals surface area contributed by atoms with Crippen LogP contribution in [0, 0.1) is 0 Å². The van der Waals surface area contributed by atoms with Gasteiger partial charge in [0.15, 0.2) is 0 Å². The first-order chi connectivity index (χ1) is 9.65. The summed E-state index contributed by atoms with van der Waals surface area (Å²) in [6, 6.07) is 15.6. The molecule has 2 nitrogen and oxygen atoms in total. The number of nitrogens with one attached hydrogen (secondary N) is 1. The number of benzene rings is 2. The van der Waals surface area contributed by atoms with Crippen LogP contribution in [0.4, 0.5) is 0 Å². The Morgan fingerprint density at radius 1 is 1.15 bits per heavy atom. The highest BCUT2D eigenvalue weighted by Gasteiger charge is 2.06. The second-order valence-electron chi connectivity index (χ2n) is 4.65. The molecule has 0 amide bonds. The maximum Gasteiger partial charge on any atom is 0.0914 e. The number of rotatable bonds is 6. The van der Waals surface area contributed by atoms with Gasteiger partial charge in [0.05, 0.1) is 6.10 Å². The van der Waals surface area contributed by atoms with Crippen molar-refractivity contribution in [1.29, 1.82) is 0 Å². The van der Waals surface area contributed by atoms with Gasteiger partial charge in [0.2, 0.25) is 0 Å². The number of hydrogen-bond acceptors (Lipinski definition) is 2. The molecular weight excluding hydrogens is 338 g/mol. The number of hydrogen-bond donors (Lipinski definition) is 2. The van der Waals surface area contributed by atoms with Crippen molar-refractivity contribution in [1.82, 2.24) is 5.32 Å². The van der Waals surface area contributed by atoms with Crippen molar-refractivity contribution in [2.24, 2.45) is 0 Å². The van der Waals surface area contributed by atoms with Crippen LogP contribution < -0.4 is 5.32 Å². The van der Waals surface area contributed by atoms with Gasteiger partial charge in [-0.25, -0.2) is 0 Å². The molecule has 0 aliphatic rings. The summed E-state index contributed by atoms with van der Waals surface area (Å²) in [5, 5.41) is 14.0. The summed E-state index contributed by atoms with van der Waals surface area (Å²) < 4.78 is 1.09. The highest BCUT2D eigenvalue weighted by atomic mass is 79.9. The minimum atomic E-state index is -0.529. The molecule has 2 aromatic carbocycles. The highest BCUT2D eigenvalue weighted by Crippen LogP contribution is 2.17. The topological polar surface area (TPSA) is 32.3 Å². The zero-order valence-electron chi connectivity index (χ0n) is 11.0. The fourth-order valence-electron chi connectivity index (χ4n) is 1.95. The van der Waals surface area contributed by atoms with Gasteiger partial charge < -0.3 is 10.4 Å². The third-order valence-electron chi connectivity index (χ3n) is 3.07. The average molecular weight is 355 g/mol. The second kappa shape index (κ2) is 7.79. The molecule has 0 saturated carbocycles. The van der Waals surface area contributed by atoms with Gasteiger partial charge in [0, 0.05) is 16.0 Å². The molecule has 0 aromatic heterocycles. The molecule has 0 fully saturated rings. The van der Waals surface area contributed by atoms with Gasteiger partial charge >= 0.3 is 0 Å². The Bertz CT molecular complexity index is 544. The van der Waals surface area contributed by atoms with E-state index in [1.54, 1.807) is 12.1 Å². The lowest BCUT2D eigenvalue weighted by atomic mass is 10.1. The molecule has 2 N–H and O–H groups in total. The van der Waals surface area contributed by atoms with Crippen molar-refractivity contribution in [3.63, 3.8) is 0 Å². The number of halogens is 2. The van der Waals surface area contributed by atoms with Crippen LogP contribution in [0.5, 0.6) is 0 Å². The Morgan fingerprint density at radius 2 is 1.90 bits per heavy atom. The molecule has 0 radical (unpaired) electrons. The monoisotopic (exact) mass is 353 g/mol. The van der Waals surface area contributed by atoms with Gasteiger partial charge in [-0.2, -0.15) is 0 Å². The molecule has 1 unspecified atom stereocenters. The summed E-state index contributed by atoms with van der Waals surface area (Å²) in [4.78, 5) is 0. The molecule has 4 heteroatoms. The Labute approximate surface area is 132 Å². The normalized spacial score (nSPS) is 12.3. The molecule has 0 spiro atoms. The summed E-state index contributed by atoms with van der Waals surface area (Å²) in [7, 11) is 0. The molecule has 2 rings (SSSR count). The zero-order chi connectivity index (χ0) is 14.4. The first-order valence-electron chi connectivity index (χ1n) is 6.54. The fourth-order valence-corrected chi connectivity index (χ4v) is 2.42. The van der Waals surface area contributed by atoms with E-state index >= 15 is 0 Å². The molecule has 106 valence electrons. The minimum absolute atomic E-state index is 0.525. The highest BCUT2D eigenvalue weighted by molar-refractivity contribution is 9.10. The van der Waals surface area contributed by atoms with E-state index in [1.807, 2.05) is 24.3 Å². The first kappa shape index (κ1) is 15.5. The predicted molar refractivity (Wildman–Crippen MR) is 87.1 cm³/mol. The maximum atomic E-state index is 10.1. The van der Waals surface area contributed by atoms with Crippen LogP contribution in [0.2, 0.25) is 5.02 Å².